The molecule has 0 saturated heterocycles. The Morgan fingerprint density at radius 1 is 1.05 bits per heavy atom. The zero-order chi connectivity index (χ0) is 14.8. The number of rotatable bonds is 5. The first-order chi connectivity index (χ1) is 9.32. The van der Waals surface area contributed by atoms with Crippen LogP contribution >= 0.6 is 0 Å². The van der Waals surface area contributed by atoms with Crippen molar-refractivity contribution in [1.29, 1.82) is 0 Å². The Labute approximate surface area is 127 Å². The van der Waals surface area contributed by atoms with Crippen LogP contribution < -0.4 is 0 Å². The summed E-state index contributed by atoms with van der Waals surface area (Å²) in [5.74, 6) is 2.11. The summed E-state index contributed by atoms with van der Waals surface area (Å²) >= 11 is 0. The molecule has 0 N–H and O–H groups in total. The third kappa shape index (κ3) is 4.23. The van der Waals surface area contributed by atoms with Gasteiger partial charge in [0, 0.05) is 6.42 Å². The Bertz CT molecular complexity index is 303. The summed E-state index contributed by atoms with van der Waals surface area (Å²) in [6, 6.07) is 0.890. The van der Waals surface area contributed by atoms with Crippen LogP contribution in [0.4, 0.5) is 0 Å². The van der Waals surface area contributed by atoms with Gasteiger partial charge < -0.3 is 4.48 Å². The third-order valence-corrected chi connectivity index (χ3v) is 6.27. The molecule has 1 nitrogen and oxygen atoms in total. The van der Waals surface area contributed by atoms with Gasteiger partial charge in [-0.3, -0.25) is 0 Å². The molecular weight excluding hydrogens is 242 g/mol. The molecule has 20 heavy (non-hydrogen) atoms. The van der Waals surface area contributed by atoms with Gasteiger partial charge in [-0.1, -0.05) is 39.5 Å². The lowest BCUT2D eigenvalue weighted by Crippen LogP contribution is -2.49. The smallest absolute Gasteiger partial charge is 0.0889 e. The van der Waals surface area contributed by atoms with E-state index in [2.05, 4.69) is 35.0 Å². The van der Waals surface area contributed by atoms with Crippen molar-refractivity contribution in [3.63, 3.8) is 0 Å². The fourth-order valence-electron chi connectivity index (χ4n) is 5.12. The van der Waals surface area contributed by atoms with Gasteiger partial charge in [0.05, 0.1) is 27.2 Å². The summed E-state index contributed by atoms with van der Waals surface area (Å²) < 4.78 is 1.17. The molecule has 0 aromatic rings. The van der Waals surface area contributed by atoms with E-state index in [1.807, 2.05) is 0 Å². The largest absolute Gasteiger partial charge is 0.328 e. The molecule has 2 rings (SSSR count). The van der Waals surface area contributed by atoms with Crippen molar-refractivity contribution in [3.8, 4) is 0 Å². The fourth-order valence-corrected chi connectivity index (χ4v) is 5.12. The normalized spacial score (nSPS) is 39.1. The Morgan fingerprint density at radius 3 is 2.40 bits per heavy atom. The molecule has 0 aromatic carbocycles. The lowest BCUT2D eigenvalue weighted by molar-refractivity contribution is -0.898. The first kappa shape index (κ1) is 16.3. The van der Waals surface area contributed by atoms with Gasteiger partial charge in [0.15, 0.2) is 0 Å². The number of quaternary nitrogens is 1. The maximum absolute atomic E-state index is 2.60. The molecule has 2 aliphatic carbocycles. The van der Waals surface area contributed by atoms with Gasteiger partial charge in [0.1, 0.15) is 0 Å². The zero-order valence-corrected chi connectivity index (χ0v) is 14.8. The topological polar surface area (TPSA) is 0 Å². The average molecular weight is 281 g/mol. The number of hydrogen-bond donors (Lipinski definition) is 0. The number of hydrogen-bond acceptors (Lipinski definition) is 0. The van der Waals surface area contributed by atoms with Crippen molar-refractivity contribution in [1.82, 2.24) is 0 Å². The minimum atomic E-state index is 0.639. The van der Waals surface area contributed by atoms with Gasteiger partial charge in [-0.15, -0.1) is 0 Å². The molecule has 0 spiro atoms. The Balaban J connectivity index is 1.88. The van der Waals surface area contributed by atoms with Gasteiger partial charge >= 0.3 is 0 Å². The van der Waals surface area contributed by atoms with E-state index in [0.29, 0.717) is 5.41 Å². The molecular formula is C19H38N+. The van der Waals surface area contributed by atoms with Crippen LogP contribution in [0.15, 0.2) is 0 Å². The second-order valence-corrected chi connectivity index (χ2v) is 9.21. The van der Waals surface area contributed by atoms with Gasteiger partial charge in [-0.25, -0.2) is 0 Å². The van der Waals surface area contributed by atoms with Crippen LogP contribution in [0.1, 0.15) is 78.1 Å². The Hall–Kier alpha value is -0.0400. The van der Waals surface area contributed by atoms with E-state index in [1.165, 1.54) is 62.3 Å². The molecule has 2 fully saturated rings. The van der Waals surface area contributed by atoms with Crippen molar-refractivity contribution in [3.05, 3.63) is 0 Å². The molecule has 0 bridgehead atoms. The summed E-state index contributed by atoms with van der Waals surface area (Å²) in [7, 11) is 7.18. The highest BCUT2D eigenvalue weighted by molar-refractivity contribution is 4.88. The third-order valence-electron chi connectivity index (χ3n) is 6.27. The van der Waals surface area contributed by atoms with Crippen molar-refractivity contribution < 1.29 is 4.48 Å². The summed E-state index contributed by atoms with van der Waals surface area (Å²) in [4.78, 5) is 0. The van der Waals surface area contributed by atoms with Crippen molar-refractivity contribution in [2.24, 2.45) is 17.3 Å². The molecule has 4 unspecified atom stereocenters. The quantitative estimate of drug-likeness (QED) is 0.604. The average Bonchev–Trinajstić information content (AvgIpc) is 2.75. The molecule has 0 aliphatic heterocycles. The Kier molecular flexibility index (Phi) is 5.21. The minimum Gasteiger partial charge on any atom is -0.328 e. The van der Waals surface area contributed by atoms with E-state index in [4.69, 9.17) is 0 Å². The second-order valence-electron chi connectivity index (χ2n) is 9.21. The second kappa shape index (κ2) is 6.38. The highest BCUT2D eigenvalue weighted by atomic mass is 15.3. The Morgan fingerprint density at radius 2 is 1.75 bits per heavy atom. The molecule has 0 heterocycles. The van der Waals surface area contributed by atoms with E-state index in [9.17, 15) is 0 Å². The molecule has 118 valence electrons. The molecule has 2 saturated carbocycles. The van der Waals surface area contributed by atoms with Crippen LogP contribution in [-0.2, 0) is 0 Å². The van der Waals surface area contributed by atoms with E-state index >= 15 is 0 Å². The fraction of sp³-hybridized carbons (Fsp3) is 1.00. The van der Waals surface area contributed by atoms with Gasteiger partial charge in [-0.05, 0) is 49.4 Å². The lowest BCUT2D eigenvalue weighted by atomic mass is 9.68. The van der Waals surface area contributed by atoms with Crippen LogP contribution in [-0.4, -0.2) is 31.7 Å². The highest BCUT2D eigenvalue weighted by Gasteiger charge is 2.40. The van der Waals surface area contributed by atoms with Crippen molar-refractivity contribution in [2.45, 2.75) is 84.1 Å². The predicted octanol–water partition coefficient (Wildman–Crippen LogP) is 5.25. The van der Waals surface area contributed by atoms with E-state index in [0.717, 1.165) is 17.9 Å². The van der Waals surface area contributed by atoms with Crippen LogP contribution in [0, 0.1) is 17.3 Å². The molecule has 2 aliphatic rings. The molecule has 4 atom stereocenters. The molecule has 0 amide bonds. The first-order valence-corrected chi connectivity index (χ1v) is 9.13. The van der Waals surface area contributed by atoms with Crippen LogP contribution in [0.2, 0.25) is 0 Å². The maximum Gasteiger partial charge on any atom is 0.0889 e. The maximum atomic E-state index is 2.60. The monoisotopic (exact) mass is 280 g/mol. The standard InChI is InChI=1S/C19H38N/c1-6-8-16-10-11-17(13-16)14-19(2)12-7-9-18(15-19)20(3,4)5/h16-18H,6-15H2,1-5H3/q+1. The van der Waals surface area contributed by atoms with Crippen LogP contribution in [0.25, 0.3) is 0 Å². The molecule has 0 aromatic heterocycles. The van der Waals surface area contributed by atoms with E-state index in [-0.39, 0.29) is 0 Å². The first-order valence-electron chi connectivity index (χ1n) is 9.13. The van der Waals surface area contributed by atoms with Gasteiger partial charge in [0.25, 0.3) is 0 Å². The van der Waals surface area contributed by atoms with Crippen LogP contribution in [0.5, 0.6) is 0 Å². The number of nitrogens with zero attached hydrogens (tertiary/aromatic N) is 1. The highest BCUT2D eigenvalue weighted by Crippen LogP contribution is 2.47. The lowest BCUT2D eigenvalue weighted by Gasteiger charge is -2.45. The summed E-state index contributed by atoms with van der Waals surface area (Å²) in [6.45, 7) is 4.95. The van der Waals surface area contributed by atoms with Crippen molar-refractivity contribution >= 4 is 0 Å². The van der Waals surface area contributed by atoms with E-state index in [1.54, 1.807) is 6.42 Å². The zero-order valence-electron chi connectivity index (χ0n) is 14.8. The minimum absolute atomic E-state index is 0.639. The van der Waals surface area contributed by atoms with Gasteiger partial charge in [0.2, 0.25) is 0 Å². The predicted molar refractivity (Wildman–Crippen MR) is 88.8 cm³/mol. The van der Waals surface area contributed by atoms with Gasteiger partial charge in [-0.2, -0.15) is 0 Å². The van der Waals surface area contributed by atoms with Crippen molar-refractivity contribution in [2.75, 3.05) is 21.1 Å². The SMILES string of the molecule is CCCC1CCC(CC2(C)CCCC([N+](C)(C)C)C2)C1. The summed E-state index contributed by atoms with van der Waals surface area (Å²) in [5, 5.41) is 0. The molecule has 0 radical (unpaired) electrons. The van der Waals surface area contributed by atoms with Crippen LogP contribution in [0.3, 0.4) is 0 Å². The summed E-state index contributed by atoms with van der Waals surface area (Å²) in [5.41, 5.74) is 0.639. The van der Waals surface area contributed by atoms with E-state index < -0.39 is 0 Å². The summed E-state index contributed by atoms with van der Waals surface area (Å²) in [6.07, 6.45) is 14.8. The molecule has 1 heteroatoms.